The van der Waals surface area contributed by atoms with E-state index in [1.54, 1.807) is 0 Å². The summed E-state index contributed by atoms with van der Waals surface area (Å²) in [5.41, 5.74) is -0.106. The molecule has 1 unspecified atom stereocenters. The summed E-state index contributed by atoms with van der Waals surface area (Å²) in [6.45, 7) is 21.2. The second kappa shape index (κ2) is 9.06. The first-order valence-electron chi connectivity index (χ1n) is 10.2. The molecule has 158 valence electrons. The maximum absolute atomic E-state index is 12.8. The fraction of sp³-hybridized carbons (Fsp3) is 0.696. The molecule has 1 rings (SSSR count). The summed E-state index contributed by atoms with van der Waals surface area (Å²) in [6.07, 6.45) is 6.64. The zero-order valence-corrected chi connectivity index (χ0v) is 18.6. The Kier molecular flexibility index (Phi) is 7.81. The summed E-state index contributed by atoms with van der Waals surface area (Å²) in [5, 5.41) is 0. The summed E-state index contributed by atoms with van der Waals surface area (Å²) in [7, 11) is 0. The number of barbiturate groups is 1. The van der Waals surface area contributed by atoms with Gasteiger partial charge in [-0.15, -0.1) is 13.2 Å². The van der Waals surface area contributed by atoms with Crippen LogP contribution in [0.1, 0.15) is 73.6 Å². The van der Waals surface area contributed by atoms with E-state index in [9.17, 15) is 14.4 Å². The van der Waals surface area contributed by atoms with Gasteiger partial charge in [0.25, 0.3) is 0 Å². The smallest absolute Gasteiger partial charge is 0.274 e. The highest BCUT2D eigenvalue weighted by molar-refractivity contribution is 6.14. The van der Waals surface area contributed by atoms with Gasteiger partial charge in [0.2, 0.25) is 11.8 Å². The largest absolute Gasteiger partial charge is 0.333 e. The van der Waals surface area contributed by atoms with Crippen LogP contribution in [-0.2, 0) is 9.59 Å². The van der Waals surface area contributed by atoms with E-state index in [0.29, 0.717) is 25.9 Å². The van der Waals surface area contributed by atoms with Crippen molar-refractivity contribution < 1.29 is 14.4 Å². The van der Waals surface area contributed by atoms with E-state index in [0.717, 1.165) is 12.8 Å². The van der Waals surface area contributed by atoms with E-state index in [4.69, 9.17) is 0 Å². The molecule has 4 amide bonds. The molecule has 1 fully saturated rings. The number of urea groups is 1. The average Bonchev–Trinajstić information content (AvgIpc) is 2.59. The second-order valence-electron chi connectivity index (χ2n) is 9.82. The van der Waals surface area contributed by atoms with Crippen LogP contribution in [0.25, 0.3) is 0 Å². The molecule has 1 atom stereocenters. The van der Waals surface area contributed by atoms with Crippen molar-refractivity contribution >= 4 is 17.8 Å². The number of carbonyl (C=O) groups is 3. The van der Waals surface area contributed by atoms with Crippen molar-refractivity contribution in [2.75, 3.05) is 13.1 Å². The Morgan fingerprint density at radius 2 is 1.29 bits per heavy atom. The van der Waals surface area contributed by atoms with Gasteiger partial charge in [-0.3, -0.25) is 19.4 Å². The SMILES string of the molecule is C=CC(C)(C)CCCN1C(=O)CC(=O)N(CCCC(C)(C=C)C(C)(C)C)C1=O. The third-order valence-corrected chi connectivity index (χ3v) is 6.36. The summed E-state index contributed by atoms with van der Waals surface area (Å²) in [6, 6.07) is -0.478. The lowest BCUT2D eigenvalue weighted by Gasteiger charge is -2.40. The molecular weight excluding hydrogens is 352 g/mol. The van der Waals surface area contributed by atoms with Crippen LogP contribution < -0.4 is 0 Å². The normalized spacial score (nSPS) is 18.3. The fourth-order valence-electron chi connectivity index (χ4n) is 3.30. The third kappa shape index (κ3) is 5.79. The van der Waals surface area contributed by atoms with Gasteiger partial charge in [-0.25, -0.2) is 4.79 Å². The lowest BCUT2D eigenvalue weighted by molar-refractivity contribution is -0.142. The zero-order chi connectivity index (χ0) is 21.8. The molecule has 1 heterocycles. The standard InChI is InChI=1S/C23H38N2O3/c1-9-22(6,7)13-11-15-24-18(26)17-19(27)25(20(24)28)16-12-14-23(8,10-2)21(3,4)5/h9-10H,1-2,11-17H2,3-8H3. The molecule has 0 bridgehead atoms. The maximum atomic E-state index is 12.8. The highest BCUT2D eigenvalue weighted by atomic mass is 16.2. The van der Waals surface area contributed by atoms with Crippen LogP contribution >= 0.6 is 0 Å². The molecule has 28 heavy (non-hydrogen) atoms. The Morgan fingerprint density at radius 1 is 0.821 bits per heavy atom. The molecule has 0 saturated carbocycles. The number of carbonyl (C=O) groups excluding carboxylic acids is 3. The topological polar surface area (TPSA) is 57.7 Å². The summed E-state index contributed by atoms with van der Waals surface area (Å²) in [5.74, 6) is -0.790. The summed E-state index contributed by atoms with van der Waals surface area (Å²) in [4.78, 5) is 39.7. The zero-order valence-electron chi connectivity index (χ0n) is 18.6. The predicted molar refractivity (Wildman–Crippen MR) is 114 cm³/mol. The van der Waals surface area contributed by atoms with Crippen LogP contribution in [-0.4, -0.2) is 40.7 Å². The molecule has 0 aromatic rings. The van der Waals surface area contributed by atoms with Crippen molar-refractivity contribution in [3.8, 4) is 0 Å². The first-order valence-corrected chi connectivity index (χ1v) is 10.2. The van der Waals surface area contributed by atoms with Gasteiger partial charge in [0.15, 0.2) is 0 Å². The van der Waals surface area contributed by atoms with Crippen molar-refractivity contribution in [1.29, 1.82) is 0 Å². The fourth-order valence-corrected chi connectivity index (χ4v) is 3.30. The van der Waals surface area contributed by atoms with E-state index < -0.39 is 17.8 Å². The summed E-state index contributed by atoms with van der Waals surface area (Å²) >= 11 is 0. The highest BCUT2D eigenvalue weighted by Crippen LogP contribution is 2.43. The van der Waals surface area contributed by atoms with Gasteiger partial charge < -0.3 is 0 Å². The van der Waals surface area contributed by atoms with Gasteiger partial charge in [-0.05, 0) is 41.9 Å². The van der Waals surface area contributed by atoms with E-state index in [-0.39, 0.29) is 22.7 Å². The molecule has 0 aromatic heterocycles. The van der Waals surface area contributed by atoms with Crippen LogP contribution in [0.3, 0.4) is 0 Å². The number of hydrogen-bond acceptors (Lipinski definition) is 3. The van der Waals surface area contributed by atoms with Gasteiger partial charge in [0, 0.05) is 13.1 Å². The van der Waals surface area contributed by atoms with Crippen LogP contribution in [0.5, 0.6) is 0 Å². The maximum Gasteiger partial charge on any atom is 0.333 e. The number of nitrogens with zero attached hydrogens (tertiary/aromatic N) is 2. The quantitative estimate of drug-likeness (QED) is 0.381. The third-order valence-electron chi connectivity index (χ3n) is 6.36. The minimum absolute atomic E-state index is 0.0324. The first kappa shape index (κ1) is 24.1. The molecule has 5 nitrogen and oxygen atoms in total. The molecule has 0 aromatic carbocycles. The van der Waals surface area contributed by atoms with Gasteiger partial charge in [-0.2, -0.15) is 0 Å². The van der Waals surface area contributed by atoms with E-state index in [1.165, 1.54) is 9.80 Å². The number of amides is 4. The van der Waals surface area contributed by atoms with Gasteiger partial charge >= 0.3 is 6.03 Å². The Morgan fingerprint density at radius 3 is 1.68 bits per heavy atom. The van der Waals surface area contributed by atoms with E-state index >= 15 is 0 Å². The van der Waals surface area contributed by atoms with Gasteiger partial charge in [0.05, 0.1) is 0 Å². The van der Waals surface area contributed by atoms with Crippen LogP contribution in [0.4, 0.5) is 4.79 Å². The molecule has 0 N–H and O–H groups in total. The van der Waals surface area contributed by atoms with Crippen LogP contribution in [0.15, 0.2) is 25.3 Å². The Balaban J connectivity index is 2.72. The monoisotopic (exact) mass is 390 g/mol. The highest BCUT2D eigenvalue weighted by Gasteiger charge is 2.39. The number of rotatable bonds is 10. The minimum atomic E-state index is -0.478. The molecule has 0 aliphatic carbocycles. The molecule has 0 radical (unpaired) electrons. The van der Waals surface area contributed by atoms with Gasteiger partial charge in [-0.1, -0.05) is 53.7 Å². The lowest BCUT2D eigenvalue weighted by Crippen LogP contribution is -2.55. The van der Waals surface area contributed by atoms with Crippen LogP contribution in [0.2, 0.25) is 0 Å². The number of imide groups is 2. The Bertz CT molecular complexity index is 630. The van der Waals surface area contributed by atoms with Crippen molar-refractivity contribution in [3.05, 3.63) is 25.3 Å². The molecule has 0 spiro atoms. The van der Waals surface area contributed by atoms with Gasteiger partial charge in [0.1, 0.15) is 6.42 Å². The van der Waals surface area contributed by atoms with Crippen molar-refractivity contribution in [2.45, 2.75) is 73.6 Å². The van der Waals surface area contributed by atoms with Crippen molar-refractivity contribution in [1.82, 2.24) is 9.80 Å². The predicted octanol–water partition coefficient (Wildman–Crippen LogP) is 5.18. The molecule has 5 heteroatoms. The number of hydrogen-bond donors (Lipinski definition) is 0. The molecule has 1 aliphatic rings. The number of allylic oxidation sites excluding steroid dienone is 2. The Hall–Kier alpha value is -1.91. The lowest BCUT2D eigenvalue weighted by atomic mass is 9.65. The molecule has 1 aliphatic heterocycles. The molecule has 1 saturated heterocycles. The van der Waals surface area contributed by atoms with Crippen molar-refractivity contribution in [3.63, 3.8) is 0 Å². The van der Waals surface area contributed by atoms with Crippen molar-refractivity contribution in [2.24, 2.45) is 16.2 Å². The van der Waals surface area contributed by atoms with E-state index in [2.05, 4.69) is 54.7 Å². The molecular formula is C23H38N2O3. The Labute approximate surface area is 170 Å². The average molecular weight is 391 g/mol. The summed E-state index contributed by atoms with van der Waals surface area (Å²) < 4.78 is 0. The van der Waals surface area contributed by atoms with Crippen LogP contribution in [0, 0.1) is 16.2 Å². The van der Waals surface area contributed by atoms with E-state index in [1.807, 2.05) is 12.2 Å². The minimum Gasteiger partial charge on any atom is -0.274 e. The second-order valence-corrected chi connectivity index (χ2v) is 9.82. The first-order chi connectivity index (χ1) is 12.8.